The summed E-state index contributed by atoms with van der Waals surface area (Å²) in [5.74, 6) is 0.691. The number of rotatable bonds is 1. The van der Waals surface area contributed by atoms with Gasteiger partial charge < -0.3 is 5.32 Å². The van der Waals surface area contributed by atoms with Gasteiger partial charge in [-0.15, -0.1) is 11.3 Å². The molecule has 19 heavy (non-hydrogen) atoms. The van der Waals surface area contributed by atoms with Crippen LogP contribution in [0.15, 0.2) is 12.1 Å². The van der Waals surface area contributed by atoms with E-state index in [1.54, 1.807) is 0 Å². The number of fused-ring (bicyclic) bond motifs is 3. The minimum absolute atomic E-state index is 0.691. The Balaban J connectivity index is 1.73. The Morgan fingerprint density at radius 3 is 2.63 bits per heavy atom. The lowest BCUT2D eigenvalue weighted by atomic mass is 9.93. The third-order valence-corrected chi connectivity index (χ3v) is 6.11. The van der Waals surface area contributed by atoms with Gasteiger partial charge in [-0.3, -0.25) is 0 Å². The normalized spacial score (nSPS) is 30.1. The number of hydrogen-bond donors (Lipinski definition) is 1. The third-order valence-electron chi connectivity index (χ3n) is 4.92. The van der Waals surface area contributed by atoms with Gasteiger partial charge >= 0.3 is 0 Å². The zero-order valence-electron chi connectivity index (χ0n) is 11.6. The van der Waals surface area contributed by atoms with Crippen molar-refractivity contribution in [3.63, 3.8) is 0 Å². The second-order valence-electron chi connectivity index (χ2n) is 6.21. The lowest BCUT2D eigenvalue weighted by molar-refractivity contribution is 0.363. The number of aromatic nitrogens is 1. The van der Waals surface area contributed by atoms with Crippen molar-refractivity contribution < 1.29 is 0 Å². The molecule has 1 aromatic heterocycles. The molecule has 100 valence electrons. The fourth-order valence-corrected chi connectivity index (χ4v) is 4.83. The van der Waals surface area contributed by atoms with E-state index in [1.165, 1.54) is 52.0 Å². The Kier molecular flexibility index (Phi) is 2.68. The first kappa shape index (κ1) is 11.9. The zero-order chi connectivity index (χ0) is 13.0. The van der Waals surface area contributed by atoms with Crippen LogP contribution in [0.4, 0.5) is 0 Å². The highest BCUT2D eigenvalue weighted by Gasteiger charge is 2.35. The van der Waals surface area contributed by atoms with E-state index in [0.29, 0.717) is 5.92 Å². The average Bonchev–Trinajstić information content (AvgIpc) is 2.98. The number of nitrogens with zero attached hydrogens (tertiary/aromatic N) is 1. The summed E-state index contributed by atoms with van der Waals surface area (Å²) in [5, 5.41) is 5.10. The second kappa shape index (κ2) is 4.29. The number of hydrogen-bond acceptors (Lipinski definition) is 3. The highest BCUT2D eigenvalue weighted by molar-refractivity contribution is 7.18. The Morgan fingerprint density at radius 1 is 1.16 bits per heavy atom. The van der Waals surface area contributed by atoms with Crippen LogP contribution in [0.2, 0.25) is 0 Å². The van der Waals surface area contributed by atoms with Crippen LogP contribution in [0.3, 0.4) is 0 Å². The predicted molar refractivity (Wildman–Crippen MR) is 81.0 cm³/mol. The molecular formula is C16H20N2S. The van der Waals surface area contributed by atoms with Gasteiger partial charge in [0.15, 0.2) is 0 Å². The molecule has 0 amide bonds. The topological polar surface area (TPSA) is 24.9 Å². The fraction of sp³-hybridized carbons (Fsp3) is 0.562. The first-order valence-electron chi connectivity index (χ1n) is 7.33. The molecule has 3 atom stereocenters. The van der Waals surface area contributed by atoms with Crippen LogP contribution in [0, 0.1) is 13.8 Å². The van der Waals surface area contributed by atoms with Gasteiger partial charge in [0.05, 0.1) is 15.2 Å². The zero-order valence-corrected chi connectivity index (χ0v) is 12.4. The van der Waals surface area contributed by atoms with Crippen LogP contribution in [-0.2, 0) is 0 Å². The van der Waals surface area contributed by atoms with E-state index in [-0.39, 0.29) is 0 Å². The van der Waals surface area contributed by atoms with Gasteiger partial charge in [-0.1, -0.05) is 6.07 Å². The summed E-state index contributed by atoms with van der Waals surface area (Å²) in [4.78, 5) is 4.98. The van der Waals surface area contributed by atoms with Crippen molar-refractivity contribution in [1.29, 1.82) is 0 Å². The molecule has 3 heteroatoms. The molecule has 3 heterocycles. The van der Waals surface area contributed by atoms with Crippen molar-refractivity contribution in [2.24, 2.45) is 0 Å². The van der Waals surface area contributed by atoms with E-state index in [2.05, 4.69) is 31.3 Å². The van der Waals surface area contributed by atoms with Gasteiger partial charge in [0.2, 0.25) is 0 Å². The summed E-state index contributed by atoms with van der Waals surface area (Å²) in [7, 11) is 0. The Labute approximate surface area is 118 Å². The van der Waals surface area contributed by atoms with Crippen molar-refractivity contribution >= 4 is 21.6 Å². The molecule has 0 spiro atoms. The summed E-state index contributed by atoms with van der Waals surface area (Å²) in [6.07, 6.45) is 5.30. The van der Waals surface area contributed by atoms with Crippen LogP contribution in [0.5, 0.6) is 0 Å². The molecule has 2 aliphatic heterocycles. The summed E-state index contributed by atoms with van der Waals surface area (Å²) in [5.41, 5.74) is 3.96. The predicted octanol–water partition coefficient (Wildman–Crippen LogP) is 3.91. The van der Waals surface area contributed by atoms with Gasteiger partial charge in [0.25, 0.3) is 0 Å². The van der Waals surface area contributed by atoms with Crippen LogP contribution in [-0.4, -0.2) is 17.1 Å². The van der Waals surface area contributed by atoms with Crippen molar-refractivity contribution in [2.45, 2.75) is 57.5 Å². The highest BCUT2D eigenvalue weighted by atomic mass is 32.1. The molecule has 2 bridgehead atoms. The smallest absolute Gasteiger partial charge is 0.0970 e. The second-order valence-corrected chi connectivity index (χ2v) is 7.27. The van der Waals surface area contributed by atoms with E-state index in [1.807, 2.05) is 11.3 Å². The highest BCUT2D eigenvalue weighted by Crippen LogP contribution is 2.40. The monoisotopic (exact) mass is 272 g/mol. The first-order valence-corrected chi connectivity index (χ1v) is 8.15. The molecule has 2 aliphatic rings. The Morgan fingerprint density at radius 2 is 1.89 bits per heavy atom. The quantitative estimate of drug-likeness (QED) is 0.851. The van der Waals surface area contributed by atoms with Crippen molar-refractivity contribution in [2.75, 3.05) is 0 Å². The molecule has 2 nitrogen and oxygen atoms in total. The minimum atomic E-state index is 0.691. The third kappa shape index (κ3) is 1.91. The maximum Gasteiger partial charge on any atom is 0.0970 e. The van der Waals surface area contributed by atoms with Crippen LogP contribution < -0.4 is 5.32 Å². The molecule has 2 saturated heterocycles. The number of piperidine rings is 1. The molecule has 0 saturated carbocycles. The van der Waals surface area contributed by atoms with E-state index in [9.17, 15) is 0 Å². The van der Waals surface area contributed by atoms with Crippen molar-refractivity contribution in [3.05, 3.63) is 28.3 Å². The average molecular weight is 272 g/mol. The molecule has 1 aromatic carbocycles. The Hall–Kier alpha value is -0.930. The molecular weight excluding hydrogens is 252 g/mol. The molecule has 2 fully saturated rings. The number of thiazole rings is 1. The van der Waals surface area contributed by atoms with E-state index < -0.39 is 0 Å². The minimum Gasteiger partial charge on any atom is -0.311 e. The van der Waals surface area contributed by atoms with E-state index in [0.717, 1.165) is 12.1 Å². The van der Waals surface area contributed by atoms with Crippen LogP contribution in [0.1, 0.15) is 47.7 Å². The van der Waals surface area contributed by atoms with Crippen LogP contribution >= 0.6 is 11.3 Å². The molecule has 4 rings (SSSR count). The van der Waals surface area contributed by atoms with Gasteiger partial charge in [-0.2, -0.15) is 0 Å². The maximum absolute atomic E-state index is 4.98. The lowest BCUT2D eigenvalue weighted by Crippen LogP contribution is -2.37. The van der Waals surface area contributed by atoms with Gasteiger partial charge in [-0.25, -0.2) is 4.98 Å². The number of nitrogens with one attached hydrogen (secondary N) is 1. The molecule has 2 unspecified atom stereocenters. The molecule has 0 radical (unpaired) electrons. The van der Waals surface area contributed by atoms with Crippen LogP contribution in [0.25, 0.3) is 10.2 Å². The van der Waals surface area contributed by atoms with E-state index in [4.69, 9.17) is 4.98 Å². The first-order chi connectivity index (χ1) is 9.20. The van der Waals surface area contributed by atoms with Gasteiger partial charge in [-0.05, 0) is 56.7 Å². The van der Waals surface area contributed by atoms with Gasteiger partial charge in [0.1, 0.15) is 0 Å². The number of benzene rings is 1. The van der Waals surface area contributed by atoms with Crippen molar-refractivity contribution in [3.8, 4) is 0 Å². The molecule has 2 aromatic rings. The van der Waals surface area contributed by atoms with Gasteiger partial charge in [0, 0.05) is 18.0 Å². The summed E-state index contributed by atoms with van der Waals surface area (Å²) in [6, 6.07) is 5.97. The standard InChI is InChI=1S/C16H20N2S/c1-9-3-6-14-15(10(9)2)18-16(19-14)11-7-12-4-5-13(8-11)17-12/h3,6,11-13,17H,4-5,7-8H2,1-2H3/t11?,12-,13?/m1/s1. The van der Waals surface area contributed by atoms with Crippen molar-refractivity contribution in [1.82, 2.24) is 10.3 Å². The summed E-state index contributed by atoms with van der Waals surface area (Å²) >= 11 is 1.92. The maximum atomic E-state index is 4.98. The largest absolute Gasteiger partial charge is 0.311 e. The SMILES string of the molecule is Cc1ccc2sc(C3CC4CC[C@H](C3)N4)nc2c1C. The fourth-order valence-electron chi connectivity index (χ4n) is 3.68. The number of aryl methyl sites for hydroxylation is 2. The molecule has 1 N–H and O–H groups in total. The summed E-state index contributed by atoms with van der Waals surface area (Å²) in [6.45, 7) is 4.38. The Bertz CT molecular complexity index is 619. The van der Waals surface area contributed by atoms with E-state index >= 15 is 0 Å². The summed E-state index contributed by atoms with van der Waals surface area (Å²) < 4.78 is 1.36. The molecule has 0 aliphatic carbocycles. The lowest BCUT2D eigenvalue weighted by Gasteiger charge is -2.27.